The topological polar surface area (TPSA) is 37.4 Å². The summed E-state index contributed by atoms with van der Waals surface area (Å²) in [7, 11) is -3.75. The minimum atomic E-state index is -3.75. The van der Waals surface area contributed by atoms with Crippen LogP contribution in [0.4, 0.5) is 4.39 Å². The molecular weight excluding hydrogens is 289 g/mol. The van der Waals surface area contributed by atoms with Crippen molar-refractivity contribution in [1.82, 2.24) is 4.31 Å². The van der Waals surface area contributed by atoms with Gasteiger partial charge in [-0.25, -0.2) is 12.8 Å². The minimum absolute atomic E-state index is 0.164. The van der Waals surface area contributed by atoms with Gasteiger partial charge in [-0.15, -0.1) is 11.6 Å². The molecular formula is C13H17ClFNO2S. The van der Waals surface area contributed by atoms with Gasteiger partial charge in [-0.3, -0.25) is 0 Å². The molecule has 6 heteroatoms. The largest absolute Gasteiger partial charge is 0.245 e. The van der Waals surface area contributed by atoms with Crippen LogP contribution < -0.4 is 0 Å². The van der Waals surface area contributed by atoms with E-state index >= 15 is 0 Å². The smallest absolute Gasteiger partial charge is 0.207 e. The lowest BCUT2D eigenvalue weighted by Gasteiger charge is -2.20. The fraction of sp³-hybridized carbons (Fsp3) is 0.538. The predicted octanol–water partition coefficient (Wildman–Crippen LogP) is 2.99. The number of halogens is 2. The number of hydrogen-bond acceptors (Lipinski definition) is 2. The van der Waals surface area contributed by atoms with Crippen LogP contribution in [0.15, 0.2) is 23.1 Å². The first kappa shape index (κ1) is 14.8. The monoisotopic (exact) mass is 305 g/mol. The molecule has 0 saturated heterocycles. The Morgan fingerprint density at radius 1 is 1.42 bits per heavy atom. The van der Waals surface area contributed by atoms with Gasteiger partial charge >= 0.3 is 0 Å². The van der Waals surface area contributed by atoms with Crippen molar-refractivity contribution in [2.45, 2.75) is 30.5 Å². The molecule has 0 aliphatic heterocycles. The third kappa shape index (κ3) is 3.27. The van der Waals surface area contributed by atoms with Gasteiger partial charge in [-0.2, -0.15) is 4.31 Å². The second kappa shape index (κ2) is 5.77. The highest BCUT2D eigenvalue weighted by Crippen LogP contribution is 2.32. The van der Waals surface area contributed by atoms with Crippen molar-refractivity contribution in [3.8, 4) is 0 Å². The normalized spacial score (nSPS) is 16.0. The molecule has 0 atom stereocenters. The molecule has 3 nitrogen and oxygen atoms in total. The summed E-state index contributed by atoms with van der Waals surface area (Å²) in [4.78, 5) is -0.260. The predicted molar refractivity (Wildman–Crippen MR) is 73.1 cm³/mol. The summed E-state index contributed by atoms with van der Waals surface area (Å²) in [5.74, 6) is -0.135. The van der Waals surface area contributed by atoms with Crippen molar-refractivity contribution in [3.05, 3.63) is 29.6 Å². The van der Waals surface area contributed by atoms with Crippen LogP contribution in [-0.2, 0) is 15.9 Å². The molecule has 0 spiro atoms. The van der Waals surface area contributed by atoms with Crippen LogP contribution in [0.2, 0.25) is 0 Å². The Bertz CT molecular complexity index is 558. The van der Waals surface area contributed by atoms with Crippen molar-refractivity contribution in [2.24, 2.45) is 5.92 Å². The number of benzene rings is 1. The van der Waals surface area contributed by atoms with Gasteiger partial charge in [0.05, 0.1) is 0 Å². The molecule has 19 heavy (non-hydrogen) atoms. The summed E-state index contributed by atoms with van der Waals surface area (Å²) in [5, 5.41) is 0. The molecule has 1 aliphatic carbocycles. The van der Waals surface area contributed by atoms with E-state index in [0.29, 0.717) is 24.6 Å². The van der Waals surface area contributed by atoms with Crippen LogP contribution in [0.1, 0.15) is 25.3 Å². The number of hydrogen-bond donors (Lipinski definition) is 0. The quantitative estimate of drug-likeness (QED) is 0.758. The molecule has 1 saturated carbocycles. The van der Waals surface area contributed by atoms with Crippen molar-refractivity contribution >= 4 is 21.6 Å². The van der Waals surface area contributed by atoms with E-state index in [-0.39, 0.29) is 10.8 Å². The lowest BCUT2D eigenvalue weighted by molar-refractivity contribution is 0.408. The standard InChI is InChI=1S/C13H17ClFNO2S/c1-2-16(9-10-3-4-10)19(17,18)13-6-5-11(8-14)7-12(13)15/h5-7,10H,2-4,8-9H2,1H3. The summed E-state index contributed by atoms with van der Waals surface area (Å²) in [6.07, 6.45) is 2.11. The third-order valence-corrected chi connectivity index (χ3v) is 5.56. The van der Waals surface area contributed by atoms with Crippen molar-refractivity contribution in [1.29, 1.82) is 0 Å². The molecule has 0 aromatic heterocycles. The lowest BCUT2D eigenvalue weighted by atomic mass is 10.2. The van der Waals surface area contributed by atoms with Gasteiger partial charge in [0.15, 0.2) is 0 Å². The van der Waals surface area contributed by atoms with Crippen LogP contribution in [-0.4, -0.2) is 25.8 Å². The zero-order chi connectivity index (χ0) is 14.0. The molecule has 0 N–H and O–H groups in total. The molecule has 1 fully saturated rings. The fourth-order valence-corrected chi connectivity index (χ4v) is 3.70. The zero-order valence-corrected chi connectivity index (χ0v) is 12.3. The molecule has 1 aliphatic rings. The summed E-state index contributed by atoms with van der Waals surface area (Å²) >= 11 is 5.61. The SMILES string of the molecule is CCN(CC1CC1)S(=O)(=O)c1ccc(CCl)cc1F. The fourth-order valence-electron chi connectivity index (χ4n) is 1.96. The Kier molecular flexibility index (Phi) is 4.48. The van der Waals surface area contributed by atoms with Crippen molar-refractivity contribution in [3.63, 3.8) is 0 Å². The molecule has 0 radical (unpaired) electrons. The van der Waals surface area contributed by atoms with Crippen LogP contribution in [0.25, 0.3) is 0 Å². The number of rotatable bonds is 6. The van der Waals surface area contributed by atoms with E-state index in [1.807, 2.05) is 0 Å². The maximum absolute atomic E-state index is 13.9. The van der Waals surface area contributed by atoms with Gasteiger partial charge in [0, 0.05) is 19.0 Å². The van der Waals surface area contributed by atoms with E-state index in [2.05, 4.69) is 0 Å². The maximum atomic E-state index is 13.9. The second-order valence-electron chi connectivity index (χ2n) is 4.80. The van der Waals surface area contributed by atoms with Gasteiger partial charge in [-0.1, -0.05) is 13.0 Å². The van der Waals surface area contributed by atoms with Crippen LogP contribution in [0, 0.1) is 11.7 Å². The first-order valence-corrected chi connectivity index (χ1v) is 8.31. The molecule has 1 aromatic rings. The summed E-state index contributed by atoms with van der Waals surface area (Å²) in [6.45, 7) is 2.61. The number of nitrogens with zero attached hydrogens (tertiary/aromatic N) is 1. The molecule has 0 bridgehead atoms. The highest BCUT2D eigenvalue weighted by Gasteiger charge is 2.32. The average Bonchev–Trinajstić information content (AvgIpc) is 3.19. The van der Waals surface area contributed by atoms with Crippen LogP contribution in [0.3, 0.4) is 0 Å². The van der Waals surface area contributed by atoms with E-state index < -0.39 is 15.8 Å². The maximum Gasteiger partial charge on any atom is 0.245 e. The summed E-state index contributed by atoms with van der Waals surface area (Å²) in [6, 6.07) is 4.04. The lowest BCUT2D eigenvalue weighted by Crippen LogP contribution is -2.33. The Labute approximate surface area is 118 Å². The molecule has 0 heterocycles. The summed E-state index contributed by atoms with van der Waals surface area (Å²) < 4.78 is 40.1. The number of alkyl halides is 1. The average molecular weight is 306 g/mol. The second-order valence-corrected chi connectivity index (χ2v) is 6.97. The van der Waals surface area contributed by atoms with E-state index in [4.69, 9.17) is 11.6 Å². The van der Waals surface area contributed by atoms with Gasteiger partial charge < -0.3 is 0 Å². The van der Waals surface area contributed by atoms with E-state index in [1.165, 1.54) is 16.4 Å². The highest BCUT2D eigenvalue weighted by molar-refractivity contribution is 7.89. The molecule has 2 rings (SSSR count). The van der Waals surface area contributed by atoms with Crippen molar-refractivity contribution in [2.75, 3.05) is 13.1 Å². The third-order valence-electron chi connectivity index (χ3n) is 3.28. The number of sulfonamides is 1. The first-order chi connectivity index (χ1) is 8.98. The Morgan fingerprint density at radius 3 is 2.58 bits per heavy atom. The minimum Gasteiger partial charge on any atom is -0.207 e. The molecule has 1 aromatic carbocycles. The van der Waals surface area contributed by atoms with Crippen LogP contribution in [0.5, 0.6) is 0 Å². The first-order valence-electron chi connectivity index (χ1n) is 6.33. The van der Waals surface area contributed by atoms with Gasteiger partial charge in [0.1, 0.15) is 10.7 Å². The molecule has 0 unspecified atom stereocenters. The van der Waals surface area contributed by atoms with Gasteiger partial charge in [0.25, 0.3) is 0 Å². The van der Waals surface area contributed by atoms with E-state index in [0.717, 1.165) is 12.8 Å². The Hall–Kier alpha value is -0.650. The Morgan fingerprint density at radius 2 is 2.11 bits per heavy atom. The van der Waals surface area contributed by atoms with E-state index in [1.54, 1.807) is 13.0 Å². The van der Waals surface area contributed by atoms with Gasteiger partial charge in [-0.05, 0) is 36.5 Å². The van der Waals surface area contributed by atoms with Crippen LogP contribution >= 0.6 is 11.6 Å². The van der Waals surface area contributed by atoms with E-state index in [9.17, 15) is 12.8 Å². The molecule has 106 valence electrons. The molecule has 0 amide bonds. The summed E-state index contributed by atoms with van der Waals surface area (Å²) in [5.41, 5.74) is 0.573. The Balaban J connectivity index is 2.31. The van der Waals surface area contributed by atoms with Gasteiger partial charge in [0.2, 0.25) is 10.0 Å². The zero-order valence-electron chi connectivity index (χ0n) is 10.8. The van der Waals surface area contributed by atoms with Crippen molar-refractivity contribution < 1.29 is 12.8 Å². The highest BCUT2D eigenvalue weighted by atomic mass is 35.5.